The first-order valence-electron chi connectivity index (χ1n) is 7.06. The number of H-pyrrole nitrogens is 2. The molecule has 1 fully saturated rings. The number of aromatic nitrogens is 2. The van der Waals surface area contributed by atoms with Crippen LogP contribution in [0.25, 0.3) is 0 Å². The molecule has 0 saturated carbocycles. The molecular formula is C15H18N4O2. The Morgan fingerprint density at radius 1 is 1.05 bits per heavy atom. The van der Waals surface area contributed by atoms with Crippen LogP contribution in [-0.4, -0.2) is 57.8 Å². The minimum atomic E-state index is 0.0210. The molecule has 1 aliphatic rings. The van der Waals surface area contributed by atoms with Gasteiger partial charge in [0.15, 0.2) is 0 Å². The van der Waals surface area contributed by atoms with Gasteiger partial charge >= 0.3 is 0 Å². The van der Waals surface area contributed by atoms with Gasteiger partial charge in [0.25, 0.3) is 5.91 Å². The van der Waals surface area contributed by atoms with Crippen molar-refractivity contribution < 1.29 is 9.59 Å². The lowest BCUT2D eigenvalue weighted by atomic mass is 10.2. The third-order valence-corrected chi connectivity index (χ3v) is 3.77. The second-order valence-corrected chi connectivity index (χ2v) is 5.14. The molecule has 0 radical (unpaired) electrons. The molecule has 3 rings (SSSR count). The first kappa shape index (κ1) is 13.5. The van der Waals surface area contributed by atoms with Crippen molar-refractivity contribution in [3.05, 3.63) is 48.0 Å². The fourth-order valence-electron chi connectivity index (χ4n) is 2.55. The van der Waals surface area contributed by atoms with Crippen molar-refractivity contribution in [2.24, 2.45) is 0 Å². The molecule has 3 heterocycles. The highest BCUT2D eigenvalue weighted by Gasteiger charge is 2.25. The fraction of sp³-hybridized carbons (Fsp3) is 0.333. The Labute approximate surface area is 122 Å². The molecule has 21 heavy (non-hydrogen) atoms. The smallest absolute Gasteiger partial charge is 0.255 e. The van der Waals surface area contributed by atoms with Crippen molar-refractivity contribution in [2.75, 3.05) is 26.2 Å². The Hall–Kier alpha value is -2.50. The van der Waals surface area contributed by atoms with Gasteiger partial charge in [-0.15, -0.1) is 0 Å². The predicted octanol–water partition coefficient (Wildman–Crippen LogP) is 0.870. The Bertz CT molecular complexity index is 596. The molecule has 0 unspecified atom stereocenters. The minimum absolute atomic E-state index is 0.0210. The SMILES string of the molecule is O=C(Cc1ccc[nH]1)N1CCN(C(=O)c2cc[nH]c2)CC1. The van der Waals surface area contributed by atoms with E-state index in [1.807, 2.05) is 23.2 Å². The number of carbonyl (C=O) groups is 2. The number of carbonyl (C=O) groups excluding carboxylic acids is 2. The van der Waals surface area contributed by atoms with Crippen LogP contribution in [0.5, 0.6) is 0 Å². The molecular weight excluding hydrogens is 268 g/mol. The van der Waals surface area contributed by atoms with Crippen molar-refractivity contribution in [2.45, 2.75) is 6.42 Å². The van der Waals surface area contributed by atoms with Gasteiger partial charge in [-0.1, -0.05) is 0 Å². The largest absolute Gasteiger partial charge is 0.367 e. The number of piperazine rings is 1. The van der Waals surface area contributed by atoms with Gasteiger partial charge in [0.1, 0.15) is 0 Å². The zero-order chi connectivity index (χ0) is 14.7. The monoisotopic (exact) mass is 286 g/mol. The summed E-state index contributed by atoms with van der Waals surface area (Å²) in [7, 11) is 0. The molecule has 1 aliphatic heterocycles. The summed E-state index contributed by atoms with van der Waals surface area (Å²) >= 11 is 0. The highest BCUT2D eigenvalue weighted by atomic mass is 16.2. The summed E-state index contributed by atoms with van der Waals surface area (Å²) in [5.41, 5.74) is 1.59. The standard InChI is InChI=1S/C15H18N4O2/c20-14(10-13-2-1-4-17-13)18-6-8-19(9-7-18)15(21)12-3-5-16-11-12/h1-5,11,16-17H,6-10H2. The van der Waals surface area contributed by atoms with Gasteiger partial charge in [0.2, 0.25) is 5.91 Å². The van der Waals surface area contributed by atoms with E-state index in [1.54, 1.807) is 23.4 Å². The van der Waals surface area contributed by atoms with Crippen LogP contribution in [0.1, 0.15) is 16.1 Å². The third kappa shape index (κ3) is 2.99. The number of hydrogen-bond donors (Lipinski definition) is 2. The van der Waals surface area contributed by atoms with E-state index >= 15 is 0 Å². The van der Waals surface area contributed by atoms with Gasteiger partial charge in [0.05, 0.1) is 12.0 Å². The molecule has 6 nitrogen and oxygen atoms in total. The maximum absolute atomic E-state index is 12.2. The first-order valence-corrected chi connectivity index (χ1v) is 7.06. The molecule has 6 heteroatoms. The first-order chi connectivity index (χ1) is 10.2. The Morgan fingerprint density at radius 3 is 2.43 bits per heavy atom. The van der Waals surface area contributed by atoms with Gasteiger partial charge in [-0.05, 0) is 18.2 Å². The molecule has 0 aromatic carbocycles. The summed E-state index contributed by atoms with van der Waals surface area (Å²) in [5.74, 6) is 0.124. The van der Waals surface area contributed by atoms with Gasteiger partial charge in [-0.3, -0.25) is 9.59 Å². The zero-order valence-electron chi connectivity index (χ0n) is 11.7. The summed E-state index contributed by atoms with van der Waals surface area (Å²) in [6.07, 6.45) is 5.64. The minimum Gasteiger partial charge on any atom is -0.367 e. The van der Waals surface area contributed by atoms with E-state index in [4.69, 9.17) is 0 Å². The highest BCUT2D eigenvalue weighted by molar-refractivity contribution is 5.94. The number of nitrogens with zero attached hydrogens (tertiary/aromatic N) is 2. The molecule has 2 N–H and O–H groups in total. The van der Waals surface area contributed by atoms with Crippen molar-refractivity contribution >= 4 is 11.8 Å². The van der Waals surface area contributed by atoms with Crippen molar-refractivity contribution in [1.82, 2.24) is 19.8 Å². The van der Waals surface area contributed by atoms with Crippen LogP contribution >= 0.6 is 0 Å². The van der Waals surface area contributed by atoms with E-state index in [0.29, 0.717) is 38.2 Å². The van der Waals surface area contributed by atoms with E-state index in [2.05, 4.69) is 9.97 Å². The molecule has 0 bridgehead atoms. The summed E-state index contributed by atoms with van der Waals surface area (Å²) in [4.78, 5) is 33.9. The summed E-state index contributed by atoms with van der Waals surface area (Å²) in [5, 5.41) is 0. The van der Waals surface area contributed by atoms with Crippen LogP contribution < -0.4 is 0 Å². The van der Waals surface area contributed by atoms with Crippen molar-refractivity contribution in [3.8, 4) is 0 Å². The van der Waals surface area contributed by atoms with E-state index < -0.39 is 0 Å². The predicted molar refractivity (Wildman–Crippen MR) is 77.8 cm³/mol. The second kappa shape index (κ2) is 5.87. The average molecular weight is 286 g/mol. The lowest BCUT2D eigenvalue weighted by molar-refractivity contribution is -0.132. The Kier molecular flexibility index (Phi) is 3.77. The Morgan fingerprint density at radius 2 is 1.81 bits per heavy atom. The van der Waals surface area contributed by atoms with Crippen LogP contribution in [0.4, 0.5) is 0 Å². The van der Waals surface area contributed by atoms with Gasteiger partial charge in [0, 0.05) is 50.5 Å². The Balaban J connectivity index is 1.53. The summed E-state index contributed by atoms with van der Waals surface area (Å²) in [6.45, 7) is 2.35. The second-order valence-electron chi connectivity index (χ2n) is 5.14. The van der Waals surface area contributed by atoms with E-state index in [9.17, 15) is 9.59 Å². The number of rotatable bonds is 3. The van der Waals surface area contributed by atoms with Gasteiger partial charge in [-0.2, -0.15) is 0 Å². The van der Waals surface area contributed by atoms with Crippen LogP contribution in [0.15, 0.2) is 36.8 Å². The number of hydrogen-bond acceptors (Lipinski definition) is 2. The number of aromatic amines is 2. The molecule has 1 saturated heterocycles. The van der Waals surface area contributed by atoms with Gasteiger partial charge in [-0.25, -0.2) is 0 Å². The molecule has 2 aromatic heterocycles. The quantitative estimate of drug-likeness (QED) is 0.879. The van der Waals surface area contributed by atoms with Crippen LogP contribution in [0.2, 0.25) is 0 Å². The van der Waals surface area contributed by atoms with E-state index in [-0.39, 0.29) is 11.8 Å². The van der Waals surface area contributed by atoms with E-state index in [1.165, 1.54) is 0 Å². The molecule has 0 spiro atoms. The molecule has 0 aliphatic carbocycles. The third-order valence-electron chi connectivity index (χ3n) is 3.77. The highest BCUT2D eigenvalue weighted by Crippen LogP contribution is 2.09. The average Bonchev–Trinajstić information content (AvgIpc) is 3.20. The topological polar surface area (TPSA) is 72.2 Å². The number of nitrogens with one attached hydrogen (secondary N) is 2. The zero-order valence-corrected chi connectivity index (χ0v) is 11.7. The molecule has 0 atom stereocenters. The summed E-state index contributed by atoms with van der Waals surface area (Å²) < 4.78 is 0. The fourth-order valence-corrected chi connectivity index (χ4v) is 2.55. The van der Waals surface area contributed by atoms with E-state index in [0.717, 1.165) is 5.69 Å². The summed E-state index contributed by atoms with van der Waals surface area (Å²) in [6, 6.07) is 5.56. The van der Waals surface area contributed by atoms with Crippen molar-refractivity contribution in [1.29, 1.82) is 0 Å². The molecule has 2 amide bonds. The normalized spacial score (nSPS) is 15.2. The van der Waals surface area contributed by atoms with Crippen LogP contribution in [0, 0.1) is 0 Å². The van der Waals surface area contributed by atoms with Crippen molar-refractivity contribution in [3.63, 3.8) is 0 Å². The lowest BCUT2D eigenvalue weighted by Gasteiger charge is -2.34. The number of amides is 2. The van der Waals surface area contributed by atoms with Gasteiger partial charge < -0.3 is 19.8 Å². The maximum atomic E-state index is 12.2. The molecule has 2 aromatic rings. The van der Waals surface area contributed by atoms with Crippen LogP contribution in [0.3, 0.4) is 0 Å². The maximum Gasteiger partial charge on any atom is 0.255 e. The van der Waals surface area contributed by atoms with Crippen LogP contribution in [-0.2, 0) is 11.2 Å². The lowest BCUT2D eigenvalue weighted by Crippen LogP contribution is -2.50. The molecule has 110 valence electrons.